The molecule has 0 amide bonds. The van der Waals surface area contributed by atoms with Crippen molar-refractivity contribution in [3.05, 3.63) is 0 Å². The molecule has 0 radical (unpaired) electrons. The van der Waals surface area contributed by atoms with E-state index in [-0.39, 0.29) is 12.6 Å². The first-order chi connectivity index (χ1) is 5.61. The lowest BCUT2D eigenvalue weighted by atomic mass is 10.0. The van der Waals surface area contributed by atoms with Gasteiger partial charge in [-0.05, 0) is 19.3 Å². The van der Waals surface area contributed by atoms with Crippen molar-refractivity contribution in [2.24, 2.45) is 5.92 Å². The van der Waals surface area contributed by atoms with E-state index in [1.807, 2.05) is 0 Å². The van der Waals surface area contributed by atoms with E-state index in [2.05, 4.69) is 33.0 Å². The topological polar surface area (TPSA) is 32.3 Å². The molecule has 2 N–H and O–H groups in total. The molecule has 2 nitrogen and oxygen atoms in total. The largest absolute Gasteiger partial charge is 0.395 e. The van der Waals surface area contributed by atoms with Crippen LogP contribution >= 0.6 is 0 Å². The predicted octanol–water partition coefficient (Wildman–Crippen LogP) is 1.78. The Bertz CT molecular complexity index is 104. The first kappa shape index (κ1) is 11.9. The van der Waals surface area contributed by atoms with Gasteiger partial charge in [-0.15, -0.1) is 0 Å². The van der Waals surface area contributed by atoms with Gasteiger partial charge in [0.05, 0.1) is 6.61 Å². The van der Waals surface area contributed by atoms with E-state index in [4.69, 9.17) is 5.11 Å². The minimum atomic E-state index is 0.242. The van der Waals surface area contributed by atoms with Crippen LogP contribution in [0.4, 0.5) is 0 Å². The zero-order valence-electron chi connectivity index (χ0n) is 8.80. The maximum absolute atomic E-state index is 9.05. The molecule has 0 bridgehead atoms. The second-order valence-electron chi connectivity index (χ2n) is 3.89. The smallest absolute Gasteiger partial charge is 0.0587 e. The maximum atomic E-state index is 9.05. The van der Waals surface area contributed by atoms with Gasteiger partial charge >= 0.3 is 0 Å². The summed E-state index contributed by atoms with van der Waals surface area (Å²) in [7, 11) is 0. The molecule has 0 aromatic rings. The highest BCUT2D eigenvalue weighted by molar-refractivity contribution is 4.72. The van der Waals surface area contributed by atoms with Crippen molar-refractivity contribution in [3.8, 4) is 0 Å². The van der Waals surface area contributed by atoms with E-state index in [0.29, 0.717) is 12.0 Å². The molecule has 0 spiro atoms. The summed E-state index contributed by atoms with van der Waals surface area (Å²) in [5.41, 5.74) is 0. The summed E-state index contributed by atoms with van der Waals surface area (Å²) in [6.07, 6.45) is 2.38. The first-order valence-electron chi connectivity index (χ1n) is 4.98. The van der Waals surface area contributed by atoms with Crippen LogP contribution in [-0.2, 0) is 0 Å². The summed E-state index contributed by atoms with van der Waals surface area (Å²) in [5, 5.41) is 12.5. The lowest BCUT2D eigenvalue weighted by Crippen LogP contribution is -2.42. The fourth-order valence-corrected chi connectivity index (χ4v) is 1.34. The Balaban J connectivity index is 3.69. The van der Waals surface area contributed by atoms with Crippen molar-refractivity contribution in [2.75, 3.05) is 6.61 Å². The van der Waals surface area contributed by atoms with Crippen molar-refractivity contribution >= 4 is 0 Å². The molecule has 0 heterocycles. The molecule has 2 heteroatoms. The van der Waals surface area contributed by atoms with Crippen molar-refractivity contribution in [3.63, 3.8) is 0 Å². The Morgan fingerprint density at radius 3 is 2.17 bits per heavy atom. The van der Waals surface area contributed by atoms with Crippen LogP contribution in [0.5, 0.6) is 0 Å². The Hall–Kier alpha value is -0.0800. The Kier molecular flexibility index (Phi) is 6.39. The second-order valence-corrected chi connectivity index (χ2v) is 3.89. The van der Waals surface area contributed by atoms with Crippen molar-refractivity contribution in [1.29, 1.82) is 0 Å². The minimum Gasteiger partial charge on any atom is -0.395 e. The molecule has 0 aliphatic heterocycles. The highest BCUT2D eigenvalue weighted by atomic mass is 16.3. The molecule has 0 saturated heterocycles. The van der Waals surface area contributed by atoms with Crippen LogP contribution in [0.25, 0.3) is 0 Å². The lowest BCUT2D eigenvalue weighted by Gasteiger charge is -2.24. The molecule has 1 unspecified atom stereocenters. The third-order valence-electron chi connectivity index (χ3n) is 2.22. The zero-order chi connectivity index (χ0) is 9.56. The van der Waals surface area contributed by atoms with Crippen LogP contribution in [0.3, 0.4) is 0 Å². The molecule has 74 valence electrons. The molecule has 0 aromatic carbocycles. The number of nitrogens with one attached hydrogen (secondary N) is 1. The van der Waals surface area contributed by atoms with Crippen LogP contribution < -0.4 is 5.32 Å². The fourth-order valence-electron chi connectivity index (χ4n) is 1.34. The summed E-state index contributed by atoms with van der Waals surface area (Å²) in [6.45, 7) is 8.86. The number of aliphatic hydroxyl groups excluding tert-OH is 1. The monoisotopic (exact) mass is 173 g/mol. The molecule has 2 atom stereocenters. The van der Waals surface area contributed by atoms with E-state index in [1.165, 1.54) is 12.8 Å². The van der Waals surface area contributed by atoms with Gasteiger partial charge in [-0.3, -0.25) is 0 Å². The van der Waals surface area contributed by atoms with Crippen LogP contribution in [0.15, 0.2) is 0 Å². The second kappa shape index (κ2) is 6.44. The highest BCUT2D eigenvalue weighted by Crippen LogP contribution is 2.04. The van der Waals surface area contributed by atoms with Gasteiger partial charge in [-0.2, -0.15) is 0 Å². The normalized spacial score (nSPS) is 16.5. The quantitative estimate of drug-likeness (QED) is 0.641. The summed E-state index contributed by atoms with van der Waals surface area (Å²) in [5.74, 6) is 0.509. The molecule has 0 aromatic heterocycles. The lowest BCUT2D eigenvalue weighted by molar-refractivity contribution is 0.199. The van der Waals surface area contributed by atoms with Gasteiger partial charge in [-0.1, -0.05) is 27.2 Å². The van der Waals surface area contributed by atoms with Gasteiger partial charge in [-0.25, -0.2) is 0 Å². The molecule has 0 aliphatic rings. The predicted molar refractivity (Wildman–Crippen MR) is 53.2 cm³/mol. The Morgan fingerprint density at radius 2 is 1.83 bits per heavy atom. The zero-order valence-corrected chi connectivity index (χ0v) is 8.80. The van der Waals surface area contributed by atoms with Gasteiger partial charge < -0.3 is 10.4 Å². The van der Waals surface area contributed by atoms with Crippen molar-refractivity contribution < 1.29 is 5.11 Å². The number of hydrogen-bond acceptors (Lipinski definition) is 2. The molecule has 0 fully saturated rings. The van der Waals surface area contributed by atoms with Gasteiger partial charge in [0, 0.05) is 12.1 Å². The molecular weight excluding hydrogens is 150 g/mol. The van der Waals surface area contributed by atoms with Gasteiger partial charge in [0.2, 0.25) is 0 Å². The third-order valence-corrected chi connectivity index (χ3v) is 2.22. The summed E-state index contributed by atoms with van der Waals surface area (Å²) >= 11 is 0. The molecule has 0 aliphatic carbocycles. The molecule has 12 heavy (non-hydrogen) atoms. The summed E-state index contributed by atoms with van der Waals surface area (Å²) in [4.78, 5) is 0. The highest BCUT2D eigenvalue weighted by Gasteiger charge is 2.13. The Morgan fingerprint density at radius 1 is 1.25 bits per heavy atom. The number of hydrogen-bond donors (Lipinski definition) is 2. The third kappa shape index (κ3) is 4.73. The maximum Gasteiger partial charge on any atom is 0.0587 e. The average Bonchev–Trinajstić information content (AvgIpc) is 2.00. The van der Waals surface area contributed by atoms with Crippen molar-refractivity contribution in [2.45, 2.75) is 52.6 Å². The first-order valence-corrected chi connectivity index (χ1v) is 4.98. The fraction of sp³-hybridized carbons (Fsp3) is 1.00. The van der Waals surface area contributed by atoms with E-state index in [1.54, 1.807) is 0 Å². The van der Waals surface area contributed by atoms with Gasteiger partial charge in [0.25, 0.3) is 0 Å². The summed E-state index contributed by atoms with van der Waals surface area (Å²) in [6, 6.07) is 0.779. The molecule has 0 rings (SSSR count). The van der Waals surface area contributed by atoms with E-state index >= 15 is 0 Å². The molecule has 0 saturated carbocycles. The Labute approximate surface area is 76.4 Å². The summed E-state index contributed by atoms with van der Waals surface area (Å²) < 4.78 is 0. The van der Waals surface area contributed by atoms with E-state index in [0.717, 1.165) is 0 Å². The van der Waals surface area contributed by atoms with Crippen LogP contribution in [0.2, 0.25) is 0 Å². The van der Waals surface area contributed by atoms with Crippen LogP contribution in [0.1, 0.15) is 40.5 Å². The standard InChI is InChI=1S/C10H23NO/c1-5-6-9(4)11-10(7-12)8(2)3/h8-12H,5-7H2,1-4H3/t9?,10-/m0/s1. The van der Waals surface area contributed by atoms with E-state index < -0.39 is 0 Å². The van der Waals surface area contributed by atoms with Crippen LogP contribution in [-0.4, -0.2) is 23.8 Å². The van der Waals surface area contributed by atoms with Gasteiger partial charge in [0.15, 0.2) is 0 Å². The minimum absolute atomic E-state index is 0.242. The SMILES string of the molecule is CCCC(C)N[C@@H](CO)C(C)C. The van der Waals surface area contributed by atoms with Gasteiger partial charge in [0.1, 0.15) is 0 Å². The average molecular weight is 173 g/mol. The van der Waals surface area contributed by atoms with Crippen molar-refractivity contribution in [1.82, 2.24) is 5.32 Å². The van der Waals surface area contributed by atoms with Crippen LogP contribution in [0, 0.1) is 5.92 Å². The van der Waals surface area contributed by atoms with E-state index in [9.17, 15) is 0 Å². The number of aliphatic hydroxyl groups is 1. The molecular formula is C10H23NO. The number of rotatable bonds is 6.